The molecule has 2 rings (SSSR count). The molecule has 5 N–H and O–H groups in total. The Morgan fingerprint density at radius 1 is 1.36 bits per heavy atom. The molecular formula is C17H18N4O3S. The summed E-state index contributed by atoms with van der Waals surface area (Å²) in [7, 11) is 1.50. The number of aromatic nitrogens is 1. The molecule has 0 aliphatic carbocycles. The van der Waals surface area contributed by atoms with Gasteiger partial charge in [-0.05, 0) is 18.2 Å². The van der Waals surface area contributed by atoms with E-state index in [1.807, 2.05) is 0 Å². The summed E-state index contributed by atoms with van der Waals surface area (Å²) >= 11 is 1.26. The highest BCUT2D eigenvalue weighted by molar-refractivity contribution is 7.99. The summed E-state index contributed by atoms with van der Waals surface area (Å²) in [6, 6.07) is 8.27. The number of pyridine rings is 1. The van der Waals surface area contributed by atoms with Gasteiger partial charge in [0.15, 0.2) is 0 Å². The lowest BCUT2D eigenvalue weighted by atomic mass is 10.1. The molecule has 0 bridgehead atoms. The standard InChI is InChI=1S/C17H18N4O3S/c1-3-8-25-17-11(15(19)22)9-10(14(18)21-17)16(23)20-12-6-4-5-7-13(12)24-2/h3-7,9H,1,8H2,2H3,(H2,18,21)(H2,19,22)(H,20,23). The van der Waals surface area contributed by atoms with Crippen LogP contribution in [0.5, 0.6) is 5.75 Å². The Bertz CT molecular complexity index is 824. The number of rotatable bonds is 7. The number of nitrogens with zero attached hydrogens (tertiary/aromatic N) is 1. The number of anilines is 2. The van der Waals surface area contributed by atoms with Crippen molar-refractivity contribution < 1.29 is 14.3 Å². The lowest BCUT2D eigenvalue weighted by Crippen LogP contribution is -2.20. The number of benzene rings is 1. The van der Waals surface area contributed by atoms with Gasteiger partial charge >= 0.3 is 0 Å². The van der Waals surface area contributed by atoms with Gasteiger partial charge in [-0.3, -0.25) is 9.59 Å². The van der Waals surface area contributed by atoms with Gasteiger partial charge in [0.25, 0.3) is 11.8 Å². The first-order valence-corrected chi connectivity index (χ1v) is 8.24. The zero-order chi connectivity index (χ0) is 18.4. The predicted octanol–water partition coefficient (Wildman–Crippen LogP) is 2.30. The van der Waals surface area contributed by atoms with Crippen LogP contribution in [0.1, 0.15) is 20.7 Å². The second kappa shape index (κ2) is 8.20. The predicted molar refractivity (Wildman–Crippen MR) is 99.0 cm³/mol. The average molecular weight is 358 g/mol. The van der Waals surface area contributed by atoms with Crippen LogP contribution in [0.15, 0.2) is 48.0 Å². The van der Waals surface area contributed by atoms with Crippen LogP contribution in [0.3, 0.4) is 0 Å². The van der Waals surface area contributed by atoms with Gasteiger partial charge in [0.1, 0.15) is 16.6 Å². The van der Waals surface area contributed by atoms with E-state index in [4.69, 9.17) is 16.2 Å². The number of hydrogen-bond donors (Lipinski definition) is 3. The summed E-state index contributed by atoms with van der Waals surface area (Å²) in [6.45, 7) is 3.61. The first kappa shape index (κ1) is 18.3. The highest BCUT2D eigenvalue weighted by Crippen LogP contribution is 2.27. The highest BCUT2D eigenvalue weighted by Gasteiger charge is 2.19. The van der Waals surface area contributed by atoms with Crippen LogP contribution in [0, 0.1) is 0 Å². The minimum Gasteiger partial charge on any atom is -0.495 e. The number of carbonyl (C=O) groups is 2. The van der Waals surface area contributed by atoms with E-state index >= 15 is 0 Å². The van der Waals surface area contributed by atoms with Crippen molar-refractivity contribution in [3.8, 4) is 5.75 Å². The molecule has 0 radical (unpaired) electrons. The van der Waals surface area contributed by atoms with Crippen molar-refractivity contribution in [2.45, 2.75) is 5.03 Å². The van der Waals surface area contributed by atoms with E-state index in [0.29, 0.717) is 22.2 Å². The van der Waals surface area contributed by atoms with E-state index in [1.165, 1.54) is 24.9 Å². The molecule has 8 heteroatoms. The molecule has 0 saturated carbocycles. The van der Waals surface area contributed by atoms with Crippen LogP contribution in [-0.4, -0.2) is 29.7 Å². The molecule has 7 nitrogen and oxygen atoms in total. The lowest BCUT2D eigenvalue weighted by Gasteiger charge is -2.13. The fraction of sp³-hybridized carbons (Fsp3) is 0.118. The van der Waals surface area contributed by atoms with Gasteiger partial charge in [0.2, 0.25) is 0 Å². The SMILES string of the molecule is C=CCSc1nc(N)c(C(=O)Nc2ccccc2OC)cc1C(N)=O. The van der Waals surface area contributed by atoms with E-state index in [-0.39, 0.29) is 16.9 Å². The minimum atomic E-state index is -0.689. The van der Waals surface area contributed by atoms with Crippen molar-refractivity contribution in [1.82, 2.24) is 4.98 Å². The zero-order valence-electron chi connectivity index (χ0n) is 13.6. The maximum absolute atomic E-state index is 12.5. The zero-order valence-corrected chi connectivity index (χ0v) is 14.4. The van der Waals surface area contributed by atoms with Crippen molar-refractivity contribution in [2.75, 3.05) is 23.9 Å². The Balaban J connectivity index is 2.37. The molecule has 25 heavy (non-hydrogen) atoms. The molecule has 2 amide bonds. The fourth-order valence-corrected chi connectivity index (χ4v) is 2.81. The number of primary amides is 1. The van der Waals surface area contributed by atoms with Crippen molar-refractivity contribution in [1.29, 1.82) is 0 Å². The summed E-state index contributed by atoms with van der Waals surface area (Å²) < 4.78 is 5.19. The number of thioether (sulfide) groups is 1. The molecule has 1 aromatic carbocycles. The smallest absolute Gasteiger partial charge is 0.259 e. The van der Waals surface area contributed by atoms with Crippen molar-refractivity contribution in [3.05, 3.63) is 54.1 Å². The summed E-state index contributed by atoms with van der Waals surface area (Å²) in [5.41, 5.74) is 11.9. The lowest BCUT2D eigenvalue weighted by molar-refractivity contribution is 0.0997. The third-order valence-corrected chi connectivity index (χ3v) is 4.21. The Hall–Kier alpha value is -3.00. The van der Waals surface area contributed by atoms with Gasteiger partial charge in [-0.1, -0.05) is 18.2 Å². The topological polar surface area (TPSA) is 120 Å². The maximum atomic E-state index is 12.5. The summed E-state index contributed by atoms with van der Waals surface area (Å²) in [5.74, 6) is -0.179. The number of nitrogens with one attached hydrogen (secondary N) is 1. The average Bonchev–Trinajstić information content (AvgIpc) is 2.59. The summed E-state index contributed by atoms with van der Waals surface area (Å²) in [6.07, 6.45) is 1.66. The van der Waals surface area contributed by atoms with Gasteiger partial charge in [-0.2, -0.15) is 0 Å². The Morgan fingerprint density at radius 3 is 2.72 bits per heavy atom. The number of nitrogens with two attached hydrogens (primary N) is 2. The molecule has 2 aromatic rings. The molecule has 0 atom stereocenters. The number of carbonyl (C=O) groups excluding carboxylic acids is 2. The van der Waals surface area contributed by atoms with Crippen LogP contribution in [0.4, 0.5) is 11.5 Å². The normalized spacial score (nSPS) is 10.1. The van der Waals surface area contributed by atoms with Gasteiger partial charge < -0.3 is 21.5 Å². The molecule has 1 heterocycles. The number of nitrogen functional groups attached to an aromatic ring is 1. The van der Waals surface area contributed by atoms with Crippen molar-refractivity contribution in [2.24, 2.45) is 5.73 Å². The summed E-state index contributed by atoms with van der Waals surface area (Å²) in [4.78, 5) is 28.4. The van der Waals surface area contributed by atoms with E-state index < -0.39 is 11.8 Å². The van der Waals surface area contributed by atoms with Crippen molar-refractivity contribution in [3.63, 3.8) is 0 Å². The Morgan fingerprint density at radius 2 is 2.08 bits per heavy atom. The Kier molecular flexibility index (Phi) is 6.02. The molecule has 0 fully saturated rings. The quantitative estimate of drug-likeness (QED) is 0.516. The molecule has 0 spiro atoms. The van der Waals surface area contributed by atoms with Gasteiger partial charge in [0, 0.05) is 5.75 Å². The molecular weight excluding hydrogens is 340 g/mol. The Labute approximate surface area is 149 Å². The first-order valence-electron chi connectivity index (χ1n) is 7.26. The number of methoxy groups -OCH3 is 1. The van der Waals surface area contributed by atoms with E-state index in [2.05, 4.69) is 16.9 Å². The second-order valence-corrected chi connectivity index (χ2v) is 5.90. The van der Waals surface area contributed by atoms with Gasteiger partial charge in [-0.25, -0.2) is 4.98 Å². The molecule has 0 unspecified atom stereocenters. The van der Waals surface area contributed by atoms with Crippen molar-refractivity contribution >= 4 is 35.1 Å². The third kappa shape index (κ3) is 4.30. The van der Waals surface area contributed by atoms with Crippen LogP contribution in [-0.2, 0) is 0 Å². The number of amides is 2. The van der Waals surface area contributed by atoms with Crippen LogP contribution in [0.2, 0.25) is 0 Å². The summed E-state index contributed by atoms with van der Waals surface area (Å²) in [5, 5.41) is 3.05. The first-order chi connectivity index (χ1) is 12.0. The number of para-hydroxylation sites is 2. The number of ether oxygens (including phenoxy) is 1. The van der Waals surface area contributed by atoms with Crippen LogP contribution in [0.25, 0.3) is 0 Å². The molecule has 0 aliphatic heterocycles. The third-order valence-electron chi connectivity index (χ3n) is 3.22. The fourth-order valence-electron chi connectivity index (χ4n) is 2.05. The highest BCUT2D eigenvalue weighted by atomic mass is 32.2. The minimum absolute atomic E-state index is 0.00367. The second-order valence-electron chi connectivity index (χ2n) is 4.89. The van der Waals surface area contributed by atoms with E-state index in [0.717, 1.165) is 0 Å². The van der Waals surface area contributed by atoms with E-state index in [9.17, 15) is 9.59 Å². The largest absolute Gasteiger partial charge is 0.495 e. The van der Waals surface area contributed by atoms with Gasteiger partial charge in [-0.15, -0.1) is 18.3 Å². The molecule has 0 saturated heterocycles. The van der Waals surface area contributed by atoms with Crippen LogP contribution >= 0.6 is 11.8 Å². The van der Waals surface area contributed by atoms with Crippen LogP contribution < -0.4 is 21.5 Å². The number of hydrogen-bond acceptors (Lipinski definition) is 6. The van der Waals surface area contributed by atoms with Gasteiger partial charge in [0.05, 0.1) is 23.9 Å². The maximum Gasteiger partial charge on any atom is 0.259 e. The monoisotopic (exact) mass is 358 g/mol. The molecule has 130 valence electrons. The van der Waals surface area contributed by atoms with E-state index in [1.54, 1.807) is 30.3 Å². The molecule has 0 aliphatic rings. The molecule has 1 aromatic heterocycles.